The number of ether oxygens (including phenoxy) is 1. The summed E-state index contributed by atoms with van der Waals surface area (Å²) in [6.45, 7) is 7.37. The molecule has 0 aromatic rings. The van der Waals surface area contributed by atoms with Crippen LogP contribution in [0.5, 0.6) is 0 Å². The minimum Gasteiger partial charge on any atom is -0.444 e. The molecule has 1 saturated carbocycles. The Labute approximate surface area is 138 Å². The van der Waals surface area contributed by atoms with Crippen LogP contribution < -0.4 is 21.3 Å². The Kier molecular flexibility index (Phi) is 6.10. The number of hydrogen-bond acceptors (Lipinski definition) is 4. The molecule has 1 aliphatic carbocycles. The van der Waals surface area contributed by atoms with E-state index >= 15 is 0 Å². The molecule has 2 rings (SSSR count). The van der Waals surface area contributed by atoms with Gasteiger partial charge in [0.2, 0.25) is 0 Å². The molecule has 2 aliphatic rings. The van der Waals surface area contributed by atoms with Crippen LogP contribution >= 0.6 is 0 Å². The molecule has 1 atom stereocenters. The molecule has 0 aromatic heterocycles. The topological polar surface area (TPSA) is 91.5 Å². The van der Waals surface area contributed by atoms with E-state index in [1.807, 2.05) is 20.8 Å². The molecule has 2 fully saturated rings. The van der Waals surface area contributed by atoms with Gasteiger partial charge in [-0.3, -0.25) is 0 Å². The van der Waals surface area contributed by atoms with Crippen LogP contribution in [-0.2, 0) is 4.74 Å². The van der Waals surface area contributed by atoms with Crippen molar-refractivity contribution in [3.05, 3.63) is 0 Å². The Balaban J connectivity index is 1.63. The SMILES string of the molecule is CC(C)(C)OC(=O)N[C@H]1CC[C@@H](NC(=O)N[C@@H]2CCNC2)CC1. The summed E-state index contributed by atoms with van der Waals surface area (Å²) >= 11 is 0. The van der Waals surface area contributed by atoms with E-state index in [9.17, 15) is 9.59 Å². The van der Waals surface area contributed by atoms with Crippen LogP contribution in [-0.4, -0.2) is 48.9 Å². The Bertz CT molecular complexity index is 408. The van der Waals surface area contributed by atoms with E-state index in [2.05, 4.69) is 21.3 Å². The van der Waals surface area contributed by atoms with Crippen molar-refractivity contribution in [3.8, 4) is 0 Å². The highest BCUT2D eigenvalue weighted by Gasteiger charge is 2.26. The van der Waals surface area contributed by atoms with Crippen molar-refractivity contribution in [2.45, 2.75) is 76.6 Å². The van der Waals surface area contributed by atoms with Crippen LogP contribution in [0.2, 0.25) is 0 Å². The van der Waals surface area contributed by atoms with Gasteiger partial charge in [-0.2, -0.15) is 0 Å². The molecular weight excluding hydrogens is 296 g/mol. The van der Waals surface area contributed by atoms with Gasteiger partial charge in [-0.1, -0.05) is 0 Å². The first-order chi connectivity index (χ1) is 10.8. The average molecular weight is 326 g/mol. The molecule has 0 bridgehead atoms. The summed E-state index contributed by atoms with van der Waals surface area (Å²) in [6.07, 6.45) is 4.08. The first kappa shape index (κ1) is 17.8. The molecule has 0 aromatic carbocycles. The molecule has 1 heterocycles. The Hall–Kier alpha value is -1.50. The number of nitrogens with one attached hydrogen (secondary N) is 4. The van der Waals surface area contributed by atoms with Crippen LogP contribution in [0.1, 0.15) is 52.9 Å². The molecule has 1 saturated heterocycles. The van der Waals surface area contributed by atoms with Crippen molar-refractivity contribution in [3.63, 3.8) is 0 Å². The lowest BCUT2D eigenvalue weighted by molar-refractivity contribution is 0.0490. The highest BCUT2D eigenvalue weighted by molar-refractivity contribution is 5.74. The molecular formula is C16H30N4O3. The predicted molar refractivity (Wildman–Crippen MR) is 88.4 cm³/mol. The second-order valence-corrected chi connectivity index (χ2v) is 7.50. The number of alkyl carbamates (subject to hydrolysis) is 1. The van der Waals surface area contributed by atoms with Crippen molar-refractivity contribution in [2.24, 2.45) is 0 Å². The maximum atomic E-state index is 11.9. The second kappa shape index (κ2) is 7.86. The van der Waals surface area contributed by atoms with Crippen LogP contribution in [0, 0.1) is 0 Å². The van der Waals surface area contributed by atoms with Crippen molar-refractivity contribution < 1.29 is 14.3 Å². The fourth-order valence-corrected chi connectivity index (χ4v) is 3.05. The van der Waals surface area contributed by atoms with Crippen molar-refractivity contribution >= 4 is 12.1 Å². The first-order valence-electron chi connectivity index (χ1n) is 8.59. The molecule has 0 unspecified atom stereocenters. The van der Waals surface area contributed by atoms with Gasteiger partial charge >= 0.3 is 12.1 Å². The van der Waals surface area contributed by atoms with Gasteiger partial charge in [-0.05, 0) is 59.4 Å². The van der Waals surface area contributed by atoms with Gasteiger partial charge in [-0.25, -0.2) is 9.59 Å². The van der Waals surface area contributed by atoms with E-state index in [0.717, 1.165) is 45.2 Å². The van der Waals surface area contributed by atoms with Crippen LogP contribution in [0.15, 0.2) is 0 Å². The maximum Gasteiger partial charge on any atom is 0.407 e. The van der Waals surface area contributed by atoms with Gasteiger partial charge < -0.3 is 26.0 Å². The summed E-state index contributed by atoms with van der Waals surface area (Å²) < 4.78 is 5.27. The molecule has 0 radical (unpaired) electrons. The minimum absolute atomic E-state index is 0.0812. The zero-order valence-electron chi connectivity index (χ0n) is 14.4. The molecule has 7 nitrogen and oxygen atoms in total. The predicted octanol–water partition coefficient (Wildman–Crippen LogP) is 1.48. The Morgan fingerprint density at radius 1 is 0.913 bits per heavy atom. The minimum atomic E-state index is -0.476. The third-order valence-corrected chi connectivity index (χ3v) is 4.18. The van der Waals surface area contributed by atoms with E-state index in [1.54, 1.807) is 0 Å². The third-order valence-electron chi connectivity index (χ3n) is 4.18. The number of carbonyl (C=O) groups excluding carboxylic acids is 2. The molecule has 132 valence electrons. The number of carbonyl (C=O) groups is 2. The highest BCUT2D eigenvalue weighted by Crippen LogP contribution is 2.19. The van der Waals surface area contributed by atoms with Crippen LogP contribution in [0.3, 0.4) is 0 Å². The van der Waals surface area contributed by atoms with Gasteiger partial charge in [0, 0.05) is 24.7 Å². The van der Waals surface area contributed by atoms with E-state index in [-0.39, 0.29) is 30.2 Å². The normalized spacial score (nSPS) is 28.0. The van der Waals surface area contributed by atoms with Gasteiger partial charge in [0.05, 0.1) is 0 Å². The molecule has 1 aliphatic heterocycles. The lowest BCUT2D eigenvalue weighted by atomic mass is 9.91. The van der Waals surface area contributed by atoms with Gasteiger partial charge in [-0.15, -0.1) is 0 Å². The number of urea groups is 1. The standard InChI is InChI=1S/C16H30N4O3/c1-16(2,3)23-15(22)20-12-6-4-11(5-7-12)18-14(21)19-13-8-9-17-10-13/h11-13,17H,4-10H2,1-3H3,(H,20,22)(H2,18,19,21)/t11-,12+,13-/m1/s1. The summed E-state index contributed by atoms with van der Waals surface area (Å²) in [5.74, 6) is 0. The number of amides is 3. The summed E-state index contributed by atoms with van der Waals surface area (Å²) in [7, 11) is 0. The summed E-state index contributed by atoms with van der Waals surface area (Å²) in [6, 6.07) is 0.466. The molecule has 3 amide bonds. The monoisotopic (exact) mass is 326 g/mol. The van der Waals surface area contributed by atoms with Gasteiger partial charge in [0.15, 0.2) is 0 Å². The summed E-state index contributed by atoms with van der Waals surface area (Å²) in [4.78, 5) is 23.7. The third kappa shape index (κ3) is 6.64. The van der Waals surface area contributed by atoms with E-state index < -0.39 is 5.60 Å². The van der Waals surface area contributed by atoms with Gasteiger partial charge in [0.25, 0.3) is 0 Å². The smallest absolute Gasteiger partial charge is 0.407 e. The van der Waals surface area contributed by atoms with E-state index in [4.69, 9.17) is 4.74 Å². The number of rotatable bonds is 3. The van der Waals surface area contributed by atoms with Crippen molar-refractivity contribution in [2.75, 3.05) is 13.1 Å². The first-order valence-corrected chi connectivity index (χ1v) is 8.59. The Morgan fingerprint density at radius 3 is 2.00 bits per heavy atom. The lowest BCUT2D eigenvalue weighted by Gasteiger charge is -2.30. The molecule has 7 heteroatoms. The zero-order chi connectivity index (χ0) is 16.9. The largest absolute Gasteiger partial charge is 0.444 e. The fourth-order valence-electron chi connectivity index (χ4n) is 3.05. The van der Waals surface area contributed by atoms with Crippen molar-refractivity contribution in [1.29, 1.82) is 0 Å². The average Bonchev–Trinajstić information content (AvgIpc) is 2.91. The summed E-state index contributed by atoms with van der Waals surface area (Å²) in [5, 5.41) is 12.2. The van der Waals surface area contributed by atoms with E-state index in [0.29, 0.717) is 0 Å². The molecule has 23 heavy (non-hydrogen) atoms. The van der Waals surface area contributed by atoms with Crippen molar-refractivity contribution in [1.82, 2.24) is 21.3 Å². The van der Waals surface area contributed by atoms with E-state index in [1.165, 1.54) is 0 Å². The fraction of sp³-hybridized carbons (Fsp3) is 0.875. The molecule has 4 N–H and O–H groups in total. The maximum absolute atomic E-state index is 11.9. The quantitative estimate of drug-likeness (QED) is 0.632. The lowest BCUT2D eigenvalue weighted by Crippen LogP contribution is -2.49. The highest BCUT2D eigenvalue weighted by atomic mass is 16.6. The molecule has 0 spiro atoms. The van der Waals surface area contributed by atoms with Crippen LogP contribution in [0.25, 0.3) is 0 Å². The second-order valence-electron chi connectivity index (χ2n) is 7.50. The van der Waals surface area contributed by atoms with Crippen LogP contribution in [0.4, 0.5) is 9.59 Å². The Morgan fingerprint density at radius 2 is 1.48 bits per heavy atom. The van der Waals surface area contributed by atoms with Gasteiger partial charge in [0.1, 0.15) is 5.60 Å². The summed E-state index contributed by atoms with van der Waals surface area (Å²) in [5.41, 5.74) is -0.476. The zero-order valence-corrected chi connectivity index (χ0v) is 14.4. The number of hydrogen-bond donors (Lipinski definition) is 4.